The van der Waals surface area contributed by atoms with Gasteiger partial charge in [-0.25, -0.2) is 0 Å². The minimum atomic E-state index is -0.121. The zero-order valence-corrected chi connectivity index (χ0v) is 6.68. The number of alkyl halides is 1. The van der Waals surface area contributed by atoms with Gasteiger partial charge >= 0.3 is 0 Å². The molecule has 0 aromatic rings. The summed E-state index contributed by atoms with van der Waals surface area (Å²) in [4.78, 5) is 10.2. The predicted octanol–water partition coefficient (Wildman–Crippen LogP) is 2.69. The molecule has 0 radical (unpaired) electrons. The van der Waals surface area contributed by atoms with E-state index in [-0.39, 0.29) is 11.4 Å². The molecule has 0 aliphatic heterocycles. The lowest BCUT2D eigenvalue weighted by molar-refractivity contribution is 0.589. The van der Waals surface area contributed by atoms with Crippen LogP contribution in [0.5, 0.6) is 0 Å². The second kappa shape index (κ2) is 3.91. The van der Waals surface area contributed by atoms with Crippen LogP contribution in [-0.4, -0.2) is 11.4 Å². The van der Waals surface area contributed by atoms with E-state index in [2.05, 4.69) is 5.18 Å². The number of halogens is 1. The first-order valence-electron chi connectivity index (χ1n) is 3.81. The summed E-state index contributed by atoms with van der Waals surface area (Å²) < 4.78 is 0. The molecule has 2 atom stereocenters. The van der Waals surface area contributed by atoms with E-state index in [1.165, 1.54) is 6.42 Å². The molecule has 0 spiro atoms. The summed E-state index contributed by atoms with van der Waals surface area (Å²) in [5.41, 5.74) is 0. The lowest BCUT2D eigenvalue weighted by Gasteiger charge is -2.09. The van der Waals surface area contributed by atoms with E-state index >= 15 is 0 Å². The molecule has 0 saturated heterocycles. The smallest absolute Gasteiger partial charge is 0.108 e. The molecule has 0 aromatic carbocycles. The SMILES string of the molecule is O=NC1CCCCCC1Cl. The Balaban J connectivity index is 2.43. The van der Waals surface area contributed by atoms with Gasteiger partial charge in [-0.2, -0.15) is 4.91 Å². The highest BCUT2D eigenvalue weighted by atomic mass is 35.5. The maximum Gasteiger partial charge on any atom is 0.108 e. The van der Waals surface area contributed by atoms with Crippen LogP contribution in [0.25, 0.3) is 0 Å². The Labute approximate surface area is 65.9 Å². The molecular weight excluding hydrogens is 150 g/mol. The molecule has 0 aromatic heterocycles. The number of rotatable bonds is 1. The van der Waals surface area contributed by atoms with Crippen molar-refractivity contribution in [3.63, 3.8) is 0 Å². The molecular formula is C7H12ClNO. The standard InChI is InChI=1S/C7H12ClNO/c8-6-4-2-1-3-5-7(6)9-10/h6-7H,1-5H2. The summed E-state index contributed by atoms with van der Waals surface area (Å²) in [7, 11) is 0. The molecule has 0 N–H and O–H groups in total. The maximum absolute atomic E-state index is 10.2. The Bertz CT molecular complexity index is 118. The van der Waals surface area contributed by atoms with Gasteiger partial charge in [-0.3, -0.25) is 0 Å². The second-order valence-corrected chi connectivity index (χ2v) is 3.39. The quantitative estimate of drug-likeness (QED) is 0.330. The molecule has 1 aliphatic rings. The molecule has 0 heterocycles. The van der Waals surface area contributed by atoms with Crippen LogP contribution in [0.4, 0.5) is 0 Å². The first-order chi connectivity index (χ1) is 4.84. The average molecular weight is 162 g/mol. The van der Waals surface area contributed by atoms with Crippen LogP contribution in [0, 0.1) is 4.91 Å². The van der Waals surface area contributed by atoms with E-state index in [1.54, 1.807) is 0 Å². The third kappa shape index (κ3) is 1.94. The summed E-state index contributed by atoms with van der Waals surface area (Å²) in [6, 6.07) is -0.121. The third-order valence-electron chi connectivity index (χ3n) is 2.03. The molecule has 1 aliphatic carbocycles. The van der Waals surface area contributed by atoms with Gasteiger partial charge in [0.2, 0.25) is 0 Å². The average Bonchev–Trinajstić information content (AvgIpc) is 2.13. The highest BCUT2D eigenvalue weighted by molar-refractivity contribution is 6.21. The first-order valence-corrected chi connectivity index (χ1v) is 4.25. The molecule has 0 amide bonds. The summed E-state index contributed by atoms with van der Waals surface area (Å²) in [6.07, 6.45) is 5.31. The van der Waals surface area contributed by atoms with E-state index in [1.807, 2.05) is 0 Å². The fourth-order valence-electron chi connectivity index (χ4n) is 1.36. The monoisotopic (exact) mass is 161 g/mol. The topological polar surface area (TPSA) is 29.4 Å². The number of nitroso groups, excluding NO2 is 1. The Kier molecular flexibility index (Phi) is 3.13. The Morgan fingerprint density at radius 1 is 1.20 bits per heavy atom. The van der Waals surface area contributed by atoms with Crippen molar-refractivity contribution < 1.29 is 0 Å². The van der Waals surface area contributed by atoms with Crippen LogP contribution in [0.15, 0.2) is 5.18 Å². The van der Waals surface area contributed by atoms with Gasteiger partial charge in [-0.15, -0.1) is 11.6 Å². The van der Waals surface area contributed by atoms with Crippen molar-refractivity contribution in [2.45, 2.75) is 43.5 Å². The minimum Gasteiger partial charge on any atom is -0.150 e. The summed E-state index contributed by atoms with van der Waals surface area (Å²) >= 11 is 5.89. The van der Waals surface area contributed by atoms with Gasteiger partial charge < -0.3 is 0 Å². The van der Waals surface area contributed by atoms with E-state index in [0.717, 1.165) is 25.7 Å². The molecule has 2 nitrogen and oxygen atoms in total. The Morgan fingerprint density at radius 3 is 2.60 bits per heavy atom. The molecule has 3 heteroatoms. The Morgan fingerprint density at radius 2 is 1.90 bits per heavy atom. The van der Waals surface area contributed by atoms with Crippen molar-refractivity contribution in [2.75, 3.05) is 0 Å². The molecule has 2 unspecified atom stereocenters. The number of hydrogen-bond donors (Lipinski definition) is 0. The maximum atomic E-state index is 10.2. The fraction of sp³-hybridized carbons (Fsp3) is 1.00. The van der Waals surface area contributed by atoms with Crippen LogP contribution >= 0.6 is 11.6 Å². The Hall–Kier alpha value is -0.110. The first kappa shape index (κ1) is 7.99. The number of nitrogens with zero attached hydrogens (tertiary/aromatic N) is 1. The third-order valence-corrected chi connectivity index (χ3v) is 2.54. The molecule has 58 valence electrons. The highest BCUT2D eigenvalue weighted by Gasteiger charge is 2.21. The van der Waals surface area contributed by atoms with Crippen LogP contribution in [0.3, 0.4) is 0 Å². The van der Waals surface area contributed by atoms with Crippen molar-refractivity contribution in [2.24, 2.45) is 5.18 Å². The van der Waals surface area contributed by atoms with Crippen LogP contribution in [0.1, 0.15) is 32.1 Å². The van der Waals surface area contributed by atoms with Gasteiger partial charge in [0.05, 0.1) is 5.38 Å². The van der Waals surface area contributed by atoms with Gasteiger partial charge in [0, 0.05) is 0 Å². The minimum absolute atomic E-state index is 0. The largest absolute Gasteiger partial charge is 0.150 e. The van der Waals surface area contributed by atoms with Gasteiger partial charge in [-0.05, 0) is 12.8 Å². The summed E-state index contributed by atoms with van der Waals surface area (Å²) in [6.45, 7) is 0. The molecule has 1 rings (SSSR count). The zero-order valence-electron chi connectivity index (χ0n) is 5.92. The van der Waals surface area contributed by atoms with Gasteiger partial charge in [0.15, 0.2) is 0 Å². The van der Waals surface area contributed by atoms with Crippen molar-refractivity contribution in [3.8, 4) is 0 Å². The van der Waals surface area contributed by atoms with E-state index in [4.69, 9.17) is 11.6 Å². The summed E-state index contributed by atoms with van der Waals surface area (Å²) in [5.74, 6) is 0. The summed E-state index contributed by atoms with van der Waals surface area (Å²) in [5, 5.41) is 3.01. The van der Waals surface area contributed by atoms with Crippen molar-refractivity contribution in [1.29, 1.82) is 0 Å². The predicted molar refractivity (Wildman–Crippen MR) is 42.3 cm³/mol. The van der Waals surface area contributed by atoms with E-state index in [0.29, 0.717) is 0 Å². The lowest BCUT2D eigenvalue weighted by Crippen LogP contribution is -2.15. The lowest BCUT2D eigenvalue weighted by atomic mass is 10.1. The number of hydrogen-bond acceptors (Lipinski definition) is 2. The van der Waals surface area contributed by atoms with Crippen molar-refractivity contribution in [3.05, 3.63) is 4.91 Å². The van der Waals surface area contributed by atoms with Crippen LogP contribution < -0.4 is 0 Å². The van der Waals surface area contributed by atoms with Crippen molar-refractivity contribution in [1.82, 2.24) is 0 Å². The molecule has 1 fully saturated rings. The van der Waals surface area contributed by atoms with Gasteiger partial charge in [0.25, 0.3) is 0 Å². The normalized spacial score (nSPS) is 34.9. The second-order valence-electron chi connectivity index (χ2n) is 2.83. The van der Waals surface area contributed by atoms with E-state index < -0.39 is 0 Å². The zero-order chi connectivity index (χ0) is 7.40. The van der Waals surface area contributed by atoms with Gasteiger partial charge in [0.1, 0.15) is 6.04 Å². The van der Waals surface area contributed by atoms with Crippen LogP contribution in [0.2, 0.25) is 0 Å². The van der Waals surface area contributed by atoms with Crippen molar-refractivity contribution >= 4 is 11.6 Å². The van der Waals surface area contributed by atoms with Crippen LogP contribution in [-0.2, 0) is 0 Å². The van der Waals surface area contributed by atoms with E-state index in [9.17, 15) is 4.91 Å². The molecule has 0 bridgehead atoms. The highest BCUT2D eigenvalue weighted by Crippen LogP contribution is 2.24. The molecule has 1 saturated carbocycles. The molecule has 10 heavy (non-hydrogen) atoms. The fourth-order valence-corrected chi connectivity index (χ4v) is 1.69. The van der Waals surface area contributed by atoms with Gasteiger partial charge in [-0.1, -0.05) is 24.4 Å².